The molecule has 25 heavy (non-hydrogen) atoms. The molecule has 2 aromatic carbocycles. The molecule has 0 saturated heterocycles. The quantitative estimate of drug-likeness (QED) is 0.567. The van der Waals surface area contributed by atoms with Crippen LogP contribution in [0.1, 0.15) is 32.4 Å². The third-order valence-corrected chi connectivity index (χ3v) is 2.51. The summed E-state index contributed by atoms with van der Waals surface area (Å²) >= 11 is 3.15. The molecule has 0 spiro atoms. The van der Waals surface area contributed by atoms with Crippen LogP contribution in [0.3, 0.4) is 0 Å². The van der Waals surface area contributed by atoms with Gasteiger partial charge in [-0.25, -0.2) is 0 Å². The highest BCUT2D eigenvalue weighted by atomic mass is 79.9. The number of nitrogens with zero attached hydrogens (tertiary/aromatic N) is 1. The SMILES string of the molecule is C.CCBr.CCN(C)C.CN.Cc1ccccc1.Cc1ccccc1. The molecule has 0 atom stereocenters. The number of aryl methyl sites for hydroxylation is 2. The average Bonchev–Trinajstić information content (AvgIpc) is 2.60. The molecule has 2 nitrogen and oxygen atoms in total. The van der Waals surface area contributed by atoms with Crippen LogP contribution in [0.5, 0.6) is 0 Å². The highest BCUT2D eigenvalue weighted by Crippen LogP contribution is 1.92. The number of hydrogen-bond donors (Lipinski definition) is 1. The molecule has 2 rings (SSSR count). The van der Waals surface area contributed by atoms with Crippen LogP contribution in [-0.4, -0.2) is 37.9 Å². The zero-order chi connectivity index (χ0) is 19.2. The fourth-order valence-corrected chi connectivity index (χ4v) is 1.07. The Bertz CT molecular complexity index is 379. The van der Waals surface area contributed by atoms with Crippen LogP contribution in [0, 0.1) is 13.8 Å². The van der Waals surface area contributed by atoms with Crippen LogP contribution >= 0.6 is 15.9 Å². The smallest absolute Gasteiger partial charge is 0.000281 e. The van der Waals surface area contributed by atoms with E-state index in [1.165, 1.54) is 18.2 Å². The summed E-state index contributed by atoms with van der Waals surface area (Å²) < 4.78 is 0. The van der Waals surface area contributed by atoms with Crippen molar-refractivity contribution in [2.24, 2.45) is 5.73 Å². The predicted molar refractivity (Wildman–Crippen MR) is 123 cm³/mol. The first-order valence-corrected chi connectivity index (χ1v) is 9.41. The van der Waals surface area contributed by atoms with E-state index >= 15 is 0 Å². The van der Waals surface area contributed by atoms with Crippen molar-refractivity contribution in [3.63, 3.8) is 0 Å². The molecule has 0 heterocycles. The van der Waals surface area contributed by atoms with E-state index in [9.17, 15) is 0 Å². The molecule has 0 amide bonds. The Balaban J connectivity index is -0.000000117. The molecule has 2 aromatic rings. The second-order valence-electron chi connectivity index (χ2n) is 4.97. The molecule has 0 aliphatic heterocycles. The normalized spacial score (nSPS) is 7.76. The van der Waals surface area contributed by atoms with Gasteiger partial charge in [-0.1, -0.05) is 109 Å². The number of benzene rings is 2. The highest BCUT2D eigenvalue weighted by Gasteiger charge is 1.73. The van der Waals surface area contributed by atoms with Crippen LogP contribution in [0.25, 0.3) is 0 Å². The van der Waals surface area contributed by atoms with Crippen molar-refractivity contribution in [2.75, 3.05) is 33.0 Å². The maximum Gasteiger partial charge on any atom is 0.000281 e. The van der Waals surface area contributed by atoms with Crippen molar-refractivity contribution in [3.8, 4) is 0 Å². The van der Waals surface area contributed by atoms with Gasteiger partial charge in [0, 0.05) is 5.33 Å². The number of rotatable bonds is 1. The summed E-state index contributed by atoms with van der Waals surface area (Å²) in [5, 5.41) is 1.06. The van der Waals surface area contributed by atoms with Crippen LogP contribution in [-0.2, 0) is 0 Å². The lowest BCUT2D eigenvalue weighted by molar-refractivity contribution is 0.434. The van der Waals surface area contributed by atoms with Crippen LogP contribution in [0.4, 0.5) is 0 Å². The Morgan fingerprint density at radius 3 is 1.04 bits per heavy atom. The minimum absolute atomic E-state index is 0. The van der Waals surface area contributed by atoms with Gasteiger partial charge in [0.1, 0.15) is 0 Å². The van der Waals surface area contributed by atoms with Gasteiger partial charge >= 0.3 is 0 Å². The van der Waals surface area contributed by atoms with E-state index in [1.54, 1.807) is 0 Å². The first-order valence-electron chi connectivity index (χ1n) is 8.29. The largest absolute Gasteiger partial charge is 0.333 e. The van der Waals surface area contributed by atoms with Crippen LogP contribution < -0.4 is 5.73 Å². The number of halogens is 1. The van der Waals surface area contributed by atoms with Crippen molar-refractivity contribution in [3.05, 3.63) is 71.8 Å². The topological polar surface area (TPSA) is 29.3 Å². The molecule has 0 saturated carbocycles. The van der Waals surface area contributed by atoms with E-state index in [4.69, 9.17) is 0 Å². The molecular weight excluding hydrogens is 372 g/mol. The summed E-state index contributed by atoms with van der Waals surface area (Å²) in [6.45, 7) is 9.47. The van der Waals surface area contributed by atoms with Crippen LogP contribution in [0.2, 0.25) is 0 Å². The molecule has 0 aliphatic carbocycles. The van der Waals surface area contributed by atoms with Gasteiger partial charge in [-0.05, 0) is 41.5 Å². The minimum Gasteiger partial charge on any atom is -0.333 e. The number of hydrogen-bond acceptors (Lipinski definition) is 2. The Morgan fingerprint density at radius 2 is 0.960 bits per heavy atom. The third kappa shape index (κ3) is 35.0. The minimum atomic E-state index is 0. The van der Waals surface area contributed by atoms with E-state index in [2.05, 4.69) is 85.7 Å². The van der Waals surface area contributed by atoms with Gasteiger partial charge in [-0.2, -0.15) is 0 Å². The molecule has 0 bridgehead atoms. The molecular formula is C22H41BrN2. The van der Waals surface area contributed by atoms with Gasteiger partial charge in [0.2, 0.25) is 0 Å². The fourth-order valence-electron chi connectivity index (χ4n) is 1.07. The first-order chi connectivity index (χ1) is 11.5. The van der Waals surface area contributed by atoms with Crippen molar-refractivity contribution >= 4 is 15.9 Å². The summed E-state index contributed by atoms with van der Waals surface area (Å²) in [5.74, 6) is 0. The third-order valence-electron chi connectivity index (χ3n) is 2.51. The zero-order valence-electron chi connectivity index (χ0n) is 16.6. The van der Waals surface area contributed by atoms with E-state index in [0.717, 1.165) is 11.9 Å². The monoisotopic (exact) mass is 412 g/mol. The van der Waals surface area contributed by atoms with Gasteiger partial charge in [0.15, 0.2) is 0 Å². The number of alkyl halides is 1. The van der Waals surface area contributed by atoms with Gasteiger partial charge in [-0.15, -0.1) is 0 Å². The number of nitrogens with two attached hydrogens (primary N) is 1. The molecule has 2 N–H and O–H groups in total. The molecule has 0 unspecified atom stereocenters. The molecule has 146 valence electrons. The lowest BCUT2D eigenvalue weighted by Crippen LogP contribution is -2.08. The van der Waals surface area contributed by atoms with Gasteiger partial charge in [0.25, 0.3) is 0 Å². The standard InChI is InChI=1S/2C7H8.C4H11N.C2H5Br.CH5N.CH4/c2*1-7-5-3-2-4-6-7;1-4-5(2)3;1-2-3;1-2;/h2*2-6H,1H3;4H2,1-3H3;2H2,1H3;2H2,1H3;1H4. The zero-order valence-corrected chi connectivity index (χ0v) is 18.2. The van der Waals surface area contributed by atoms with Crippen LogP contribution in [0.15, 0.2) is 60.7 Å². The summed E-state index contributed by atoms with van der Waals surface area (Å²) in [5.41, 5.74) is 7.14. The Labute approximate surface area is 166 Å². The maximum atomic E-state index is 4.50. The summed E-state index contributed by atoms with van der Waals surface area (Å²) in [6, 6.07) is 20.5. The Hall–Kier alpha value is -1.16. The molecule has 0 radical (unpaired) electrons. The van der Waals surface area contributed by atoms with Gasteiger partial charge in [0.05, 0.1) is 0 Å². The van der Waals surface area contributed by atoms with E-state index in [0.29, 0.717) is 0 Å². The van der Waals surface area contributed by atoms with E-state index in [-0.39, 0.29) is 7.43 Å². The second-order valence-corrected chi connectivity index (χ2v) is 6.09. The highest BCUT2D eigenvalue weighted by molar-refractivity contribution is 9.09. The second kappa shape index (κ2) is 27.7. The predicted octanol–water partition coefficient (Wildman–Crippen LogP) is 6.17. The maximum absolute atomic E-state index is 4.50. The summed E-state index contributed by atoms with van der Waals surface area (Å²) in [4.78, 5) is 2.12. The van der Waals surface area contributed by atoms with Crippen molar-refractivity contribution < 1.29 is 0 Å². The molecule has 0 aliphatic rings. The van der Waals surface area contributed by atoms with E-state index in [1.807, 2.05) is 43.3 Å². The lowest BCUT2D eigenvalue weighted by atomic mass is 10.2. The molecule has 0 fully saturated rings. The van der Waals surface area contributed by atoms with E-state index < -0.39 is 0 Å². The van der Waals surface area contributed by atoms with Crippen molar-refractivity contribution in [2.45, 2.75) is 35.1 Å². The Kier molecular flexibility index (Phi) is 35.0. The van der Waals surface area contributed by atoms with Crippen molar-refractivity contribution in [1.82, 2.24) is 4.90 Å². The fraction of sp³-hybridized carbons (Fsp3) is 0.455. The lowest BCUT2D eigenvalue weighted by Gasteiger charge is -2.00. The van der Waals surface area contributed by atoms with Gasteiger partial charge < -0.3 is 10.6 Å². The van der Waals surface area contributed by atoms with Gasteiger partial charge in [-0.3, -0.25) is 0 Å². The first kappa shape index (κ1) is 31.6. The van der Waals surface area contributed by atoms with Crippen molar-refractivity contribution in [1.29, 1.82) is 0 Å². The molecule has 3 heteroatoms. The summed E-state index contributed by atoms with van der Waals surface area (Å²) in [7, 11) is 5.61. The average molecular weight is 413 g/mol. The Morgan fingerprint density at radius 1 is 0.760 bits per heavy atom. The molecule has 0 aromatic heterocycles. The summed E-state index contributed by atoms with van der Waals surface area (Å²) in [6.07, 6.45) is 0.